The average Bonchev–Trinajstić information content (AvgIpc) is 2.89. The summed E-state index contributed by atoms with van der Waals surface area (Å²) in [5.74, 6) is 1.61. The second-order valence-corrected chi connectivity index (χ2v) is 5.65. The van der Waals surface area contributed by atoms with Crippen LogP contribution in [0.4, 0.5) is 0 Å². The van der Waals surface area contributed by atoms with E-state index < -0.39 is 0 Å². The van der Waals surface area contributed by atoms with Crippen molar-refractivity contribution >= 4 is 29.9 Å². The van der Waals surface area contributed by atoms with Crippen LogP contribution in [0.15, 0.2) is 35.3 Å². The summed E-state index contributed by atoms with van der Waals surface area (Å²) < 4.78 is 0. The molecule has 1 aromatic carbocycles. The highest BCUT2D eigenvalue weighted by Crippen LogP contribution is 2.13. The van der Waals surface area contributed by atoms with E-state index in [1.807, 2.05) is 13.1 Å². The molecular formula is C16H27IN4. The Balaban J connectivity index is 0.00000220. The summed E-state index contributed by atoms with van der Waals surface area (Å²) in [5.41, 5.74) is 1.27. The van der Waals surface area contributed by atoms with Crippen molar-refractivity contribution in [3.63, 3.8) is 0 Å². The van der Waals surface area contributed by atoms with Crippen LogP contribution in [0.5, 0.6) is 0 Å². The number of guanidine groups is 1. The molecule has 1 aliphatic heterocycles. The maximum atomic E-state index is 4.31. The van der Waals surface area contributed by atoms with Gasteiger partial charge >= 0.3 is 0 Å². The zero-order valence-corrected chi connectivity index (χ0v) is 15.5. The fourth-order valence-electron chi connectivity index (χ4n) is 2.66. The Labute approximate surface area is 145 Å². The number of halogens is 1. The number of rotatable bonds is 4. The number of benzene rings is 1. The van der Waals surface area contributed by atoms with E-state index in [9.17, 15) is 0 Å². The number of hydrogen-bond acceptors (Lipinski definition) is 2. The van der Waals surface area contributed by atoms with Gasteiger partial charge in [0.2, 0.25) is 0 Å². The molecule has 0 spiro atoms. The lowest BCUT2D eigenvalue weighted by molar-refractivity contribution is 0.393. The molecule has 0 saturated carbocycles. The molecule has 2 atom stereocenters. The SMILES string of the molecule is CN=C(NCC1CCN(C)C1)NC(C)c1ccccc1.I. The molecule has 1 aromatic rings. The Morgan fingerprint density at radius 2 is 2.10 bits per heavy atom. The highest BCUT2D eigenvalue weighted by atomic mass is 127. The maximum absolute atomic E-state index is 4.31. The van der Waals surface area contributed by atoms with Crippen molar-refractivity contribution in [2.24, 2.45) is 10.9 Å². The van der Waals surface area contributed by atoms with Crippen LogP contribution in [0.25, 0.3) is 0 Å². The molecule has 1 heterocycles. The Bertz CT molecular complexity index is 435. The van der Waals surface area contributed by atoms with E-state index in [-0.39, 0.29) is 30.0 Å². The lowest BCUT2D eigenvalue weighted by Gasteiger charge is -2.20. The first-order chi connectivity index (χ1) is 9.69. The topological polar surface area (TPSA) is 39.7 Å². The minimum absolute atomic E-state index is 0. The third-order valence-electron chi connectivity index (χ3n) is 3.92. The quantitative estimate of drug-likeness (QED) is 0.462. The van der Waals surface area contributed by atoms with Crippen LogP contribution in [0.1, 0.15) is 24.9 Å². The van der Waals surface area contributed by atoms with Gasteiger partial charge in [0.25, 0.3) is 0 Å². The van der Waals surface area contributed by atoms with Gasteiger partial charge < -0.3 is 15.5 Å². The Morgan fingerprint density at radius 3 is 2.67 bits per heavy atom. The van der Waals surface area contributed by atoms with Crippen molar-refractivity contribution in [1.82, 2.24) is 15.5 Å². The molecule has 118 valence electrons. The first-order valence-electron chi connectivity index (χ1n) is 7.39. The number of nitrogens with zero attached hydrogens (tertiary/aromatic N) is 2. The molecule has 0 amide bonds. The molecule has 4 nitrogen and oxygen atoms in total. The van der Waals surface area contributed by atoms with E-state index in [1.165, 1.54) is 25.1 Å². The fourth-order valence-corrected chi connectivity index (χ4v) is 2.66. The van der Waals surface area contributed by atoms with Gasteiger partial charge in [0.05, 0.1) is 6.04 Å². The second-order valence-electron chi connectivity index (χ2n) is 5.65. The van der Waals surface area contributed by atoms with E-state index >= 15 is 0 Å². The Hall–Kier alpha value is -0.820. The van der Waals surface area contributed by atoms with E-state index in [0.717, 1.165) is 18.4 Å². The van der Waals surface area contributed by atoms with Gasteiger partial charge in [0.1, 0.15) is 0 Å². The Kier molecular flexibility index (Phi) is 8.03. The van der Waals surface area contributed by atoms with Crippen LogP contribution in [0, 0.1) is 5.92 Å². The lowest BCUT2D eigenvalue weighted by Crippen LogP contribution is -2.41. The van der Waals surface area contributed by atoms with Gasteiger partial charge in [-0.2, -0.15) is 0 Å². The molecule has 1 saturated heterocycles. The second kappa shape index (κ2) is 9.25. The molecule has 0 radical (unpaired) electrons. The zero-order valence-electron chi connectivity index (χ0n) is 13.2. The monoisotopic (exact) mass is 402 g/mol. The van der Waals surface area contributed by atoms with Gasteiger partial charge in [-0.3, -0.25) is 4.99 Å². The first-order valence-corrected chi connectivity index (χ1v) is 7.39. The highest BCUT2D eigenvalue weighted by Gasteiger charge is 2.19. The van der Waals surface area contributed by atoms with Crippen molar-refractivity contribution in [3.05, 3.63) is 35.9 Å². The normalized spacial score (nSPS) is 20.7. The standard InChI is InChI=1S/C16H26N4.HI/c1-13(15-7-5-4-6-8-15)19-16(17-2)18-11-14-9-10-20(3)12-14;/h4-8,13-14H,9-12H2,1-3H3,(H2,17,18,19);1H. The van der Waals surface area contributed by atoms with Gasteiger partial charge in [0.15, 0.2) is 5.96 Å². The fraction of sp³-hybridized carbons (Fsp3) is 0.562. The van der Waals surface area contributed by atoms with Gasteiger partial charge in [-0.05, 0) is 38.4 Å². The summed E-state index contributed by atoms with van der Waals surface area (Å²) in [4.78, 5) is 6.70. The molecule has 1 aliphatic rings. The predicted octanol–water partition coefficient (Wildman–Crippen LogP) is 2.48. The molecule has 0 aromatic heterocycles. The van der Waals surface area contributed by atoms with Crippen molar-refractivity contribution < 1.29 is 0 Å². The van der Waals surface area contributed by atoms with Gasteiger partial charge in [0, 0.05) is 20.1 Å². The third-order valence-corrected chi connectivity index (χ3v) is 3.92. The maximum Gasteiger partial charge on any atom is 0.191 e. The summed E-state index contributed by atoms with van der Waals surface area (Å²) in [5, 5.41) is 6.89. The van der Waals surface area contributed by atoms with E-state index in [2.05, 4.69) is 58.8 Å². The smallest absolute Gasteiger partial charge is 0.191 e. The number of hydrogen-bond donors (Lipinski definition) is 2. The zero-order chi connectivity index (χ0) is 14.4. The third kappa shape index (κ3) is 5.82. The molecule has 5 heteroatoms. The molecule has 1 fully saturated rings. The summed E-state index contributed by atoms with van der Waals surface area (Å²) in [6.45, 7) is 5.54. The summed E-state index contributed by atoms with van der Waals surface area (Å²) in [6.07, 6.45) is 1.27. The van der Waals surface area contributed by atoms with Gasteiger partial charge in [-0.15, -0.1) is 24.0 Å². The summed E-state index contributed by atoms with van der Waals surface area (Å²) in [7, 11) is 4.01. The van der Waals surface area contributed by atoms with Gasteiger partial charge in [-0.25, -0.2) is 0 Å². The van der Waals surface area contributed by atoms with Crippen molar-refractivity contribution in [2.45, 2.75) is 19.4 Å². The van der Waals surface area contributed by atoms with Gasteiger partial charge in [-0.1, -0.05) is 30.3 Å². The highest BCUT2D eigenvalue weighted by molar-refractivity contribution is 14.0. The number of aliphatic imine (C=N–C) groups is 1. The van der Waals surface area contributed by atoms with Crippen molar-refractivity contribution in [1.29, 1.82) is 0 Å². The van der Waals surface area contributed by atoms with Crippen molar-refractivity contribution in [2.75, 3.05) is 33.7 Å². The minimum atomic E-state index is 0. The number of nitrogens with one attached hydrogen (secondary N) is 2. The van der Waals surface area contributed by atoms with Crippen LogP contribution in [-0.4, -0.2) is 44.6 Å². The van der Waals surface area contributed by atoms with Crippen LogP contribution in [0.2, 0.25) is 0 Å². The van der Waals surface area contributed by atoms with Crippen LogP contribution < -0.4 is 10.6 Å². The molecule has 0 aliphatic carbocycles. The first kappa shape index (κ1) is 18.2. The van der Waals surface area contributed by atoms with Crippen molar-refractivity contribution in [3.8, 4) is 0 Å². The molecule has 2 unspecified atom stereocenters. The van der Waals surface area contributed by atoms with Crippen LogP contribution in [0.3, 0.4) is 0 Å². The molecule has 0 bridgehead atoms. The van der Waals surface area contributed by atoms with E-state index in [0.29, 0.717) is 0 Å². The molecule has 2 rings (SSSR count). The van der Waals surface area contributed by atoms with Crippen LogP contribution >= 0.6 is 24.0 Å². The predicted molar refractivity (Wildman–Crippen MR) is 100 cm³/mol. The Morgan fingerprint density at radius 1 is 1.38 bits per heavy atom. The lowest BCUT2D eigenvalue weighted by atomic mass is 10.1. The minimum Gasteiger partial charge on any atom is -0.356 e. The molecule has 21 heavy (non-hydrogen) atoms. The largest absolute Gasteiger partial charge is 0.356 e. The van der Waals surface area contributed by atoms with E-state index in [4.69, 9.17) is 0 Å². The average molecular weight is 402 g/mol. The summed E-state index contributed by atoms with van der Waals surface area (Å²) in [6, 6.07) is 10.7. The summed E-state index contributed by atoms with van der Waals surface area (Å²) >= 11 is 0. The molecular weight excluding hydrogens is 375 g/mol. The molecule has 2 N–H and O–H groups in total. The van der Waals surface area contributed by atoms with E-state index in [1.54, 1.807) is 0 Å². The van der Waals surface area contributed by atoms with Crippen LogP contribution in [-0.2, 0) is 0 Å². The number of likely N-dealkylation sites (tertiary alicyclic amines) is 1.